The van der Waals surface area contributed by atoms with Gasteiger partial charge in [0.1, 0.15) is 5.82 Å². The fourth-order valence-corrected chi connectivity index (χ4v) is 4.56. The van der Waals surface area contributed by atoms with Crippen molar-refractivity contribution in [2.45, 2.75) is 57.9 Å². The summed E-state index contributed by atoms with van der Waals surface area (Å²) in [6, 6.07) is 6.86. The summed E-state index contributed by atoms with van der Waals surface area (Å²) < 4.78 is 55.9. The summed E-state index contributed by atoms with van der Waals surface area (Å²) in [6.07, 6.45) is -3.36. The number of hydrogen-bond acceptors (Lipinski definition) is 8. The highest BCUT2D eigenvalue weighted by molar-refractivity contribution is 6.64. The van der Waals surface area contributed by atoms with Crippen LogP contribution in [0.25, 0.3) is 0 Å². The Morgan fingerprint density at radius 2 is 1.67 bits per heavy atom. The smallest absolute Gasteiger partial charge is 0.423 e. The van der Waals surface area contributed by atoms with Gasteiger partial charge in [0.15, 0.2) is 0 Å². The second-order valence-electron chi connectivity index (χ2n) is 10.8. The van der Waals surface area contributed by atoms with Crippen LogP contribution in [0.2, 0.25) is 0 Å². The number of nitrogens with one attached hydrogen (secondary N) is 2. The number of halogens is 4. The minimum absolute atomic E-state index is 0.0236. The first-order valence-corrected chi connectivity index (χ1v) is 14.4. The first-order valence-electron chi connectivity index (χ1n) is 14.4. The Labute approximate surface area is 260 Å². The van der Waals surface area contributed by atoms with E-state index in [1.165, 1.54) is 29.2 Å². The van der Waals surface area contributed by atoms with Gasteiger partial charge in [-0.2, -0.15) is 13.2 Å². The SMILES string of the molecule is CC1(C)OB(O)c2c1ccc(F)c2NC(=O)CNC(=O)C(N)CCC(=O)N(CCN)CCN.CCc1ccc(C(F)(F)F)cc1. The average Bonchev–Trinajstić information content (AvgIpc) is 3.22. The molecule has 0 bridgehead atoms. The molecule has 45 heavy (non-hydrogen) atoms. The summed E-state index contributed by atoms with van der Waals surface area (Å²) in [5, 5.41) is 14.9. The summed E-state index contributed by atoms with van der Waals surface area (Å²) in [5.74, 6) is -2.31. The minimum Gasteiger partial charge on any atom is -0.423 e. The number of alkyl halides is 3. The Balaban J connectivity index is 0.000000490. The maximum Gasteiger partial charge on any atom is 0.494 e. The van der Waals surface area contributed by atoms with Crippen LogP contribution in [-0.2, 0) is 37.2 Å². The number of amides is 3. The first kappa shape index (κ1) is 37.6. The molecule has 11 nitrogen and oxygen atoms in total. The highest BCUT2D eigenvalue weighted by Crippen LogP contribution is 2.33. The van der Waals surface area contributed by atoms with E-state index in [0.717, 1.165) is 24.1 Å². The quantitative estimate of drug-likeness (QED) is 0.146. The van der Waals surface area contributed by atoms with Crippen molar-refractivity contribution in [2.75, 3.05) is 38.0 Å². The van der Waals surface area contributed by atoms with Gasteiger partial charge in [0.25, 0.3) is 0 Å². The van der Waals surface area contributed by atoms with E-state index < -0.39 is 54.7 Å². The van der Waals surface area contributed by atoms with E-state index in [9.17, 15) is 37.0 Å². The van der Waals surface area contributed by atoms with E-state index in [0.29, 0.717) is 31.7 Å². The van der Waals surface area contributed by atoms with E-state index >= 15 is 0 Å². The number of carbonyl (C=O) groups is 3. The molecule has 0 spiro atoms. The summed E-state index contributed by atoms with van der Waals surface area (Å²) >= 11 is 0. The number of nitrogens with zero attached hydrogens (tertiary/aromatic N) is 1. The third-order valence-electron chi connectivity index (χ3n) is 7.03. The largest absolute Gasteiger partial charge is 0.494 e. The van der Waals surface area contributed by atoms with Gasteiger partial charge >= 0.3 is 13.3 Å². The van der Waals surface area contributed by atoms with Crippen molar-refractivity contribution in [1.82, 2.24) is 10.2 Å². The number of carbonyl (C=O) groups excluding carboxylic acids is 3. The zero-order valence-corrected chi connectivity index (χ0v) is 25.5. The summed E-state index contributed by atoms with van der Waals surface area (Å²) in [5.41, 5.74) is 16.7. The van der Waals surface area contributed by atoms with Crippen LogP contribution >= 0.6 is 0 Å². The zero-order valence-electron chi connectivity index (χ0n) is 25.5. The predicted octanol–water partition coefficient (Wildman–Crippen LogP) is 0.955. The molecule has 0 saturated carbocycles. The molecule has 0 aliphatic carbocycles. The van der Waals surface area contributed by atoms with Gasteiger partial charge in [-0.3, -0.25) is 14.4 Å². The van der Waals surface area contributed by atoms with E-state index in [2.05, 4.69) is 10.6 Å². The van der Waals surface area contributed by atoms with Crippen molar-refractivity contribution in [2.24, 2.45) is 17.2 Å². The molecule has 0 aromatic heterocycles. The number of fused-ring (bicyclic) bond motifs is 1. The molecule has 0 fully saturated rings. The number of hydrogen-bond donors (Lipinski definition) is 6. The number of benzene rings is 2. The van der Waals surface area contributed by atoms with Crippen LogP contribution in [0.4, 0.5) is 23.2 Å². The van der Waals surface area contributed by atoms with Crippen LogP contribution in [0, 0.1) is 5.82 Å². The standard InChI is InChI=1S/C20H32BFN6O5.C9H9F3/c1-20(2)12-3-4-13(22)18(17(12)21(32)33-20)27-15(29)11-26-19(31)14(25)5-6-16(30)28(9-7-23)10-8-24;1-2-7-3-5-8(6-4-7)9(10,11)12/h3-4,14,32H,5-11,23-25H2,1-2H3,(H,26,31)(H,27,29);3-6H,2H2,1H3. The van der Waals surface area contributed by atoms with Gasteiger partial charge in [-0.05, 0) is 56.0 Å². The average molecular weight is 640 g/mol. The molecule has 248 valence electrons. The normalized spacial score (nSPS) is 14.2. The Morgan fingerprint density at radius 3 is 2.20 bits per heavy atom. The van der Waals surface area contributed by atoms with Crippen molar-refractivity contribution in [3.8, 4) is 0 Å². The summed E-state index contributed by atoms with van der Waals surface area (Å²) in [7, 11) is -1.40. The molecule has 1 heterocycles. The molecule has 9 N–H and O–H groups in total. The van der Waals surface area contributed by atoms with Crippen molar-refractivity contribution < 1.29 is 41.6 Å². The fourth-order valence-electron chi connectivity index (χ4n) is 4.56. The van der Waals surface area contributed by atoms with Crippen LogP contribution in [0.5, 0.6) is 0 Å². The minimum atomic E-state index is -4.22. The van der Waals surface area contributed by atoms with Gasteiger partial charge < -0.3 is 42.4 Å². The number of anilines is 1. The molecular formula is C29H41BF4N6O5. The summed E-state index contributed by atoms with van der Waals surface area (Å²) in [6.45, 7) is 6.15. The van der Waals surface area contributed by atoms with Crippen molar-refractivity contribution in [3.05, 3.63) is 58.9 Å². The number of nitrogens with two attached hydrogens (primary N) is 3. The van der Waals surface area contributed by atoms with Crippen LogP contribution in [0.15, 0.2) is 36.4 Å². The van der Waals surface area contributed by atoms with Gasteiger partial charge in [0.2, 0.25) is 17.7 Å². The second kappa shape index (κ2) is 16.7. The van der Waals surface area contributed by atoms with E-state index in [-0.39, 0.29) is 29.9 Å². The molecule has 3 rings (SSSR count). The third-order valence-corrected chi connectivity index (χ3v) is 7.03. The Hall–Kier alpha value is -3.57. The molecule has 2 aromatic rings. The molecule has 3 amide bonds. The second-order valence-corrected chi connectivity index (χ2v) is 10.8. The van der Waals surface area contributed by atoms with Crippen molar-refractivity contribution in [3.63, 3.8) is 0 Å². The van der Waals surface area contributed by atoms with E-state index in [1.54, 1.807) is 13.8 Å². The van der Waals surface area contributed by atoms with Crippen molar-refractivity contribution >= 4 is 36.0 Å². The molecule has 2 aromatic carbocycles. The first-order chi connectivity index (χ1) is 21.0. The number of rotatable bonds is 12. The summed E-state index contributed by atoms with van der Waals surface area (Å²) in [4.78, 5) is 38.2. The molecule has 16 heteroatoms. The Morgan fingerprint density at radius 1 is 1.07 bits per heavy atom. The maximum absolute atomic E-state index is 14.4. The molecule has 1 atom stereocenters. The third kappa shape index (κ3) is 10.8. The highest BCUT2D eigenvalue weighted by Gasteiger charge is 2.43. The Bertz CT molecular complexity index is 1310. The molecule has 1 unspecified atom stereocenters. The lowest BCUT2D eigenvalue weighted by atomic mass is 9.76. The van der Waals surface area contributed by atoms with Crippen LogP contribution < -0.4 is 33.3 Å². The van der Waals surface area contributed by atoms with Crippen LogP contribution in [0.1, 0.15) is 50.3 Å². The van der Waals surface area contributed by atoms with Gasteiger partial charge in [-0.1, -0.05) is 25.1 Å². The molecule has 0 saturated heterocycles. The number of aryl methyl sites for hydroxylation is 1. The monoisotopic (exact) mass is 640 g/mol. The topological polar surface area (TPSA) is 186 Å². The van der Waals surface area contributed by atoms with Crippen LogP contribution in [0.3, 0.4) is 0 Å². The Kier molecular flexibility index (Phi) is 13.9. The molecular weight excluding hydrogens is 599 g/mol. The lowest BCUT2D eigenvalue weighted by Crippen LogP contribution is -2.45. The molecule has 1 aliphatic heterocycles. The highest BCUT2D eigenvalue weighted by atomic mass is 19.4. The van der Waals surface area contributed by atoms with E-state index in [1.807, 2.05) is 6.92 Å². The maximum atomic E-state index is 14.4. The lowest BCUT2D eigenvalue weighted by Gasteiger charge is -2.22. The molecule has 1 aliphatic rings. The lowest BCUT2D eigenvalue weighted by molar-refractivity contribution is -0.137. The van der Waals surface area contributed by atoms with Gasteiger partial charge in [-0.25, -0.2) is 4.39 Å². The van der Waals surface area contributed by atoms with E-state index in [4.69, 9.17) is 21.9 Å². The fraction of sp³-hybridized carbons (Fsp3) is 0.483. The van der Waals surface area contributed by atoms with Gasteiger partial charge in [0.05, 0.1) is 29.4 Å². The molecule has 0 radical (unpaired) electrons. The predicted molar refractivity (Wildman–Crippen MR) is 162 cm³/mol. The van der Waals surface area contributed by atoms with Crippen LogP contribution in [-0.4, -0.2) is 73.5 Å². The van der Waals surface area contributed by atoms with Gasteiger partial charge in [-0.15, -0.1) is 0 Å². The zero-order chi connectivity index (χ0) is 33.9. The van der Waals surface area contributed by atoms with Crippen molar-refractivity contribution in [1.29, 1.82) is 0 Å². The van der Waals surface area contributed by atoms with Gasteiger partial charge in [0, 0.05) is 38.1 Å².